The van der Waals surface area contributed by atoms with E-state index in [1.807, 2.05) is 0 Å². The second-order valence-electron chi connectivity index (χ2n) is 7.19. The zero-order valence-corrected chi connectivity index (χ0v) is 18.3. The van der Waals surface area contributed by atoms with Crippen molar-refractivity contribution < 1.29 is 37.8 Å². The predicted octanol–water partition coefficient (Wildman–Crippen LogP) is 2.01. The summed E-state index contributed by atoms with van der Waals surface area (Å²) >= 11 is 0. The minimum absolute atomic E-state index is 0.137. The molecular formula is C23H23FN2O7. The Kier molecular flexibility index (Phi) is 7.52. The second-order valence-corrected chi connectivity index (χ2v) is 7.19. The van der Waals surface area contributed by atoms with Crippen LogP contribution in [0.2, 0.25) is 0 Å². The lowest BCUT2D eigenvalue weighted by Crippen LogP contribution is -2.49. The molecular weight excluding hydrogens is 435 g/mol. The van der Waals surface area contributed by atoms with E-state index in [1.54, 1.807) is 0 Å². The van der Waals surface area contributed by atoms with Gasteiger partial charge in [0.05, 0.1) is 31.3 Å². The average Bonchev–Trinajstić information content (AvgIpc) is 3.13. The largest absolute Gasteiger partial charge is 0.465 e. The van der Waals surface area contributed by atoms with Gasteiger partial charge >= 0.3 is 5.97 Å². The first kappa shape index (κ1) is 24.0. The Bertz CT molecular complexity index is 1040. The number of carbonyl (C=O) groups is 4. The SMILES string of the molecule is COC(=O)c1ccc(N2C(=O)CC(N(CC(OC)OC)C(=O)c3ccc(F)cc3)C2=O)cc1. The number of rotatable bonds is 8. The topological polar surface area (TPSA) is 102 Å². The zero-order chi connectivity index (χ0) is 24.1. The van der Waals surface area contributed by atoms with Crippen molar-refractivity contribution in [2.45, 2.75) is 18.8 Å². The van der Waals surface area contributed by atoms with Crippen LogP contribution in [-0.4, -0.2) is 68.8 Å². The van der Waals surface area contributed by atoms with Gasteiger partial charge in [0.1, 0.15) is 11.9 Å². The van der Waals surface area contributed by atoms with E-state index in [2.05, 4.69) is 4.74 Å². The Morgan fingerprint density at radius 3 is 2.12 bits per heavy atom. The summed E-state index contributed by atoms with van der Waals surface area (Å²) in [6, 6.07) is 9.49. The Hall–Kier alpha value is -3.63. The maximum Gasteiger partial charge on any atom is 0.337 e. The van der Waals surface area contributed by atoms with Gasteiger partial charge in [-0.3, -0.25) is 14.4 Å². The highest BCUT2D eigenvalue weighted by molar-refractivity contribution is 6.23. The van der Waals surface area contributed by atoms with E-state index in [4.69, 9.17) is 9.47 Å². The lowest BCUT2D eigenvalue weighted by molar-refractivity contribution is -0.128. The normalized spacial score (nSPS) is 15.8. The third-order valence-corrected chi connectivity index (χ3v) is 5.27. The highest BCUT2D eigenvalue weighted by Crippen LogP contribution is 2.27. The number of halogens is 1. The van der Waals surface area contributed by atoms with E-state index in [0.717, 1.165) is 17.0 Å². The van der Waals surface area contributed by atoms with Gasteiger partial charge in [-0.2, -0.15) is 0 Å². The molecule has 1 fully saturated rings. The molecule has 9 nitrogen and oxygen atoms in total. The molecule has 2 aromatic rings. The van der Waals surface area contributed by atoms with Crippen LogP contribution in [0.15, 0.2) is 48.5 Å². The summed E-state index contributed by atoms with van der Waals surface area (Å²) in [6.07, 6.45) is -1.12. The smallest absolute Gasteiger partial charge is 0.337 e. The number of carbonyl (C=O) groups excluding carboxylic acids is 4. The molecule has 10 heteroatoms. The molecule has 0 saturated carbocycles. The van der Waals surface area contributed by atoms with Gasteiger partial charge in [-0.15, -0.1) is 0 Å². The van der Waals surface area contributed by atoms with Gasteiger partial charge in [0.15, 0.2) is 6.29 Å². The van der Waals surface area contributed by atoms with Crippen LogP contribution >= 0.6 is 0 Å². The molecule has 174 valence electrons. The van der Waals surface area contributed by atoms with Crippen LogP contribution in [-0.2, 0) is 23.8 Å². The fourth-order valence-electron chi connectivity index (χ4n) is 3.51. The summed E-state index contributed by atoms with van der Waals surface area (Å²) in [7, 11) is 4.01. The molecule has 3 amide bonds. The van der Waals surface area contributed by atoms with Crippen molar-refractivity contribution in [2.75, 3.05) is 32.8 Å². The lowest BCUT2D eigenvalue weighted by atomic mass is 10.1. The van der Waals surface area contributed by atoms with Crippen molar-refractivity contribution in [1.29, 1.82) is 0 Å². The standard InChI is InChI=1S/C23H23FN2O7/c1-31-20(32-2)13-25(21(28)14-4-8-16(24)9-5-14)18-12-19(27)26(22(18)29)17-10-6-15(7-11-17)23(30)33-3/h4-11,18,20H,12-13H2,1-3H3. The molecule has 1 aliphatic heterocycles. The van der Waals surface area contributed by atoms with Crippen molar-refractivity contribution in [1.82, 2.24) is 4.90 Å². The quantitative estimate of drug-likeness (QED) is 0.339. The van der Waals surface area contributed by atoms with Crippen molar-refractivity contribution in [2.24, 2.45) is 0 Å². The third-order valence-electron chi connectivity index (χ3n) is 5.27. The molecule has 0 N–H and O–H groups in total. The lowest BCUT2D eigenvalue weighted by Gasteiger charge is -2.30. The van der Waals surface area contributed by atoms with Crippen LogP contribution in [0.1, 0.15) is 27.1 Å². The van der Waals surface area contributed by atoms with Gasteiger partial charge in [0, 0.05) is 19.8 Å². The van der Waals surface area contributed by atoms with Crippen LogP contribution in [0.5, 0.6) is 0 Å². The first-order valence-electron chi connectivity index (χ1n) is 9.98. The number of hydrogen-bond donors (Lipinski definition) is 0. The molecule has 0 radical (unpaired) electrons. The maximum absolute atomic E-state index is 13.3. The molecule has 1 aliphatic rings. The molecule has 33 heavy (non-hydrogen) atoms. The number of benzene rings is 2. The van der Waals surface area contributed by atoms with E-state index >= 15 is 0 Å². The zero-order valence-electron chi connectivity index (χ0n) is 18.3. The van der Waals surface area contributed by atoms with Gasteiger partial charge in [-0.05, 0) is 48.5 Å². The minimum atomic E-state index is -1.12. The Morgan fingerprint density at radius 2 is 1.58 bits per heavy atom. The molecule has 2 aromatic carbocycles. The van der Waals surface area contributed by atoms with Crippen molar-refractivity contribution in [3.05, 3.63) is 65.5 Å². The van der Waals surface area contributed by atoms with Crippen LogP contribution in [0.3, 0.4) is 0 Å². The van der Waals surface area contributed by atoms with Gasteiger partial charge in [0.25, 0.3) is 11.8 Å². The van der Waals surface area contributed by atoms with Gasteiger partial charge in [0.2, 0.25) is 5.91 Å². The summed E-state index contributed by atoms with van der Waals surface area (Å²) in [4.78, 5) is 53.0. The fraction of sp³-hybridized carbons (Fsp3) is 0.304. The number of esters is 1. The molecule has 3 rings (SSSR count). The van der Waals surface area contributed by atoms with Gasteiger partial charge in [-0.25, -0.2) is 14.1 Å². The summed E-state index contributed by atoms with van der Waals surface area (Å²) in [5.41, 5.74) is 0.654. The predicted molar refractivity (Wildman–Crippen MR) is 114 cm³/mol. The Labute approximate surface area is 189 Å². The summed E-state index contributed by atoms with van der Waals surface area (Å²) in [6.45, 7) is -0.137. The molecule has 1 saturated heterocycles. The molecule has 0 spiro atoms. The maximum atomic E-state index is 13.3. The van der Waals surface area contributed by atoms with Crippen LogP contribution in [0.4, 0.5) is 10.1 Å². The highest BCUT2D eigenvalue weighted by atomic mass is 19.1. The van der Waals surface area contributed by atoms with Crippen LogP contribution < -0.4 is 4.90 Å². The van der Waals surface area contributed by atoms with Gasteiger partial charge < -0.3 is 19.1 Å². The van der Waals surface area contributed by atoms with E-state index in [9.17, 15) is 23.6 Å². The molecule has 0 bridgehead atoms. The van der Waals surface area contributed by atoms with Crippen molar-refractivity contribution in [3.8, 4) is 0 Å². The highest BCUT2D eigenvalue weighted by Gasteiger charge is 2.45. The van der Waals surface area contributed by atoms with E-state index in [1.165, 1.54) is 62.6 Å². The summed E-state index contributed by atoms with van der Waals surface area (Å²) in [5, 5.41) is 0. The second kappa shape index (κ2) is 10.3. The summed E-state index contributed by atoms with van der Waals surface area (Å²) in [5.74, 6) is -2.78. The van der Waals surface area contributed by atoms with Crippen molar-refractivity contribution in [3.63, 3.8) is 0 Å². The number of methoxy groups -OCH3 is 3. The van der Waals surface area contributed by atoms with E-state index in [-0.39, 0.29) is 29.8 Å². The van der Waals surface area contributed by atoms with Crippen molar-refractivity contribution >= 4 is 29.4 Å². The van der Waals surface area contributed by atoms with E-state index in [0.29, 0.717) is 0 Å². The van der Waals surface area contributed by atoms with Crippen LogP contribution in [0.25, 0.3) is 0 Å². The number of amides is 3. The number of nitrogens with zero attached hydrogens (tertiary/aromatic N) is 2. The molecule has 1 heterocycles. The summed E-state index contributed by atoms with van der Waals surface area (Å²) < 4.78 is 28.3. The number of imide groups is 1. The number of anilines is 1. The molecule has 0 aliphatic carbocycles. The average molecular weight is 458 g/mol. The van der Waals surface area contributed by atoms with Crippen LogP contribution in [0, 0.1) is 5.82 Å². The van der Waals surface area contributed by atoms with Gasteiger partial charge in [-0.1, -0.05) is 0 Å². The number of hydrogen-bond acceptors (Lipinski definition) is 7. The minimum Gasteiger partial charge on any atom is -0.465 e. The number of ether oxygens (including phenoxy) is 3. The van der Waals surface area contributed by atoms with E-state index < -0.39 is 41.8 Å². The molecule has 0 aromatic heterocycles. The first-order chi connectivity index (χ1) is 15.8. The monoisotopic (exact) mass is 458 g/mol. The molecule has 1 unspecified atom stereocenters. The Balaban J connectivity index is 1.91. The fourth-order valence-corrected chi connectivity index (χ4v) is 3.51. The Morgan fingerprint density at radius 1 is 1.00 bits per heavy atom. The first-order valence-corrected chi connectivity index (χ1v) is 9.98. The molecule has 1 atom stereocenters. The third kappa shape index (κ3) is 5.07.